The average molecular weight is 514 g/mol. The molecule has 0 aromatic heterocycles. The Labute approximate surface area is 234 Å². The molecular weight excluding hydrogens is 462 g/mol. The van der Waals surface area contributed by atoms with Crippen molar-refractivity contribution in [3.63, 3.8) is 0 Å². The Balaban J connectivity index is 0. The van der Waals surface area contributed by atoms with E-state index in [2.05, 4.69) is 95.7 Å². The molecule has 0 aliphatic rings. The van der Waals surface area contributed by atoms with E-state index in [9.17, 15) is 0 Å². The third-order valence-electron chi connectivity index (χ3n) is 5.22. The minimum atomic E-state index is 0.163. The highest BCUT2D eigenvalue weighted by Crippen LogP contribution is 2.26. The molecule has 4 N–H and O–H groups in total. The van der Waals surface area contributed by atoms with E-state index >= 15 is 0 Å². The second kappa shape index (κ2) is 19.2. The fourth-order valence-electron chi connectivity index (χ4n) is 3.45. The molecule has 0 spiro atoms. The molecule has 206 valence electrons. The van der Waals surface area contributed by atoms with Crippen molar-refractivity contribution in [2.45, 2.75) is 68.2 Å². The zero-order valence-electron chi connectivity index (χ0n) is 25.2. The van der Waals surface area contributed by atoms with Crippen molar-refractivity contribution in [2.75, 3.05) is 5.73 Å². The van der Waals surface area contributed by atoms with Crippen LogP contribution in [-0.2, 0) is 6.42 Å². The first kappa shape index (κ1) is 36.3. The maximum absolute atomic E-state index is 6.31. The van der Waals surface area contributed by atoms with Crippen LogP contribution in [-0.4, -0.2) is 0 Å². The van der Waals surface area contributed by atoms with E-state index in [0.717, 1.165) is 57.2 Å². The van der Waals surface area contributed by atoms with Gasteiger partial charge >= 0.3 is 0 Å². The fraction of sp³-hybridized carbons (Fsp3) is 0.314. The van der Waals surface area contributed by atoms with Crippen LogP contribution in [0.3, 0.4) is 0 Å². The van der Waals surface area contributed by atoms with Crippen molar-refractivity contribution in [1.29, 1.82) is 0 Å². The number of rotatable bonds is 12. The van der Waals surface area contributed by atoms with Gasteiger partial charge in [0.15, 0.2) is 0 Å². The molecule has 0 saturated carbocycles. The third kappa shape index (κ3) is 14.6. The Morgan fingerprint density at radius 2 is 1.63 bits per heavy atom. The van der Waals surface area contributed by atoms with Crippen LogP contribution < -0.4 is 16.4 Å². The largest absolute Gasteiger partial charge is 0.398 e. The Hall–Kier alpha value is -3.90. The summed E-state index contributed by atoms with van der Waals surface area (Å²) < 4.78 is 0. The molecule has 1 rings (SSSR count). The first-order chi connectivity index (χ1) is 17.9. The molecule has 38 heavy (non-hydrogen) atoms. The zero-order chi connectivity index (χ0) is 29.9. The van der Waals surface area contributed by atoms with Gasteiger partial charge in [-0.25, -0.2) is 0 Å². The number of hydrogen-bond donors (Lipinski definition) is 3. The van der Waals surface area contributed by atoms with Gasteiger partial charge in [0.1, 0.15) is 0 Å². The Morgan fingerprint density at radius 1 is 1.03 bits per heavy atom. The van der Waals surface area contributed by atoms with Crippen molar-refractivity contribution in [3.05, 3.63) is 120 Å². The van der Waals surface area contributed by atoms with Gasteiger partial charge in [0, 0.05) is 34.9 Å². The number of hydrogen-bond acceptors (Lipinski definition) is 3. The predicted octanol–water partition coefficient (Wildman–Crippen LogP) is 9.24. The number of nitrogens with two attached hydrogens (primary N) is 1. The topological polar surface area (TPSA) is 50.1 Å². The Morgan fingerprint density at radius 3 is 2.13 bits per heavy atom. The van der Waals surface area contributed by atoms with Gasteiger partial charge < -0.3 is 16.4 Å². The molecule has 0 saturated heterocycles. The summed E-state index contributed by atoms with van der Waals surface area (Å²) in [6.07, 6.45) is 21.2. The first-order valence-corrected chi connectivity index (χ1v) is 13.0. The molecule has 0 bridgehead atoms. The summed E-state index contributed by atoms with van der Waals surface area (Å²) >= 11 is 0. The number of benzene rings is 1. The van der Waals surface area contributed by atoms with E-state index in [1.54, 1.807) is 6.08 Å². The Kier molecular flexibility index (Phi) is 18.4. The lowest BCUT2D eigenvalue weighted by Crippen LogP contribution is -2.16. The second-order valence-electron chi connectivity index (χ2n) is 9.74. The van der Waals surface area contributed by atoms with Crippen LogP contribution in [0.25, 0.3) is 5.57 Å². The van der Waals surface area contributed by atoms with Gasteiger partial charge in [-0.3, -0.25) is 0 Å². The lowest BCUT2D eigenvalue weighted by atomic mass is 9.91. The van der Waals surface area contributed by atoms with Crippen LogP contribution in [0.1, 0.15) is 72.9 Å². The second-order valence-corrected chi connectivity index (χ2v) is 9.74. The molecule has 0 heterocycles. The summed E-state index contributed by atoms with van der Waals surface area (Å²) in [5.74, 6) is 0. The maximum Gasteiger partial charge on any atom is 0.0381 e. The summed E-state index contributed by atoms with van der Waals surface area (Å²) in [5.41, 5.74) is 15.3. The molecule has 0 atom stereocenters. The molecule has 0 unspecified atom stereocenters. The van der Waals surface area contributed by atoms with Crippen LogP contribution in [0, 0.1) is 18.3 Å². The number of nitrogens with one attached hydrogen (secondary N) is 2. The van der Waals surface area contributed by atoms with E-state index < -0.39 is 0 Å². The molecule has 0 aliphatic heterocycles. The number of anilines is 1. The van der Waals surface area contributed by atoms with Gasteiger partial charge in [-0.05, 0) is 79.2 Å². The first-order valence-electron chi connectivity index (χ1n) is 13.0. The normalized spacial score (nSPS) is 12.2. The van der Waals surface area contributed by atoms with Crippen molar-refractivity contribution in [1.82, 2.24) is 10.6 Å². The number of nitrogen functional groups attached to an aromatic ring is 1. The summed E-state index contributed by atoms with van der Waals surface area (Å²) in [4.78, 5) is 0. The van der Waals surface area contributed by atoms with Crippen LogP contribution >= 0.6 is 0 Å². The molecule has 0 fully saturated rings. The van der Waals surface area contributed by atoms with Crippen molar-refractivity contribution < 1.29 is 0 Å². The lowest BCUT2D eigenvalue weighted by molar-refractivity contribution is 0.403. The molecule has 1 aromatic carbocycles. The molecule has 0 amide bonds. The van der Waals surface area contributed by atoms with Gasteiger partial charge in [-0.15, -0.1) is 12.8 Å². The van der Waals surface area contributed by atoms with Crippen molar-refractivity contribution in [3.8, 4) is 12.8 Å². The lowest BCUT2D eigenvalue weighted by Gasteiger charge is -2.21. The predicted molar refractivity (Wildman–Crippen MR) is 174 cm³/mol. The van der Waals surface area contributed by atoms with E-state index in [1.165, 1.54) is 0 Å². The minimum Gasteiger partial charge on any atom is -0.398 e. The monoisotopic (exact) mass is 513 g/mol. The van der Waals surface area contributed by atoms with Crippen LogP contribution in [0.15, 0.2) is 109 Å². The number of allylic oxidation sites excluding steroid dienone is 11. The van der Waals surface area contributed by atoms with Crippen molar-refractivity contribution >= 4 is 11.3 Å². The smallest absolute Gasteiger partial charge is 0.0381 e. The molecule has 3 nitrogen and oxygen atoms in total. The van der Waals surface area contributed by atoms with E-state index in [-0.39, 0.29) is 5.41 Å². The highest BCUT2D eigenvalue weighted by atomic mass is 14.9. The highest BCUT2D eigenvalue weighted by molar-refractivity contribution is 5.76. The van der Waals surface area contributed by atoms with Crippen LogP contribution in [0.2, 0.25) is 0 Å². The van der Waals surface area contributed by atoms with Gasteiger partial charge in [-0.1, -0.05) is 91.3 Å². The van der Waals surface area contributed by atoms with Gasteiger partial charge in [0.2, 0.25) is 0 Å². The molecule has 3 heteroatoms. The standard InChI is InChI=1S/C31H43N3.C2H6.C2H2/c1-11-14-15-22(4)25(7)33-23(5)18-28-19-27(16-17-30(28)32)26(12-2)20-29(13-3)34-24(6)21-31(8,9)10;2*1-2/h11-17,19-20,33-34H,1,3,5-6,18,21,32H2,2,4,7-10H3;1-2H3;1-2H/b15-14-,25-22+,26-12+,29-20+;;. The van der Waals surface area contributed by atoms with E-state index in [1.807, 2.05) is 58.1 Å². The molecule has 0 radical (unpaired) electrons. The minimum absolute atomic E-state index is 0.163. The van der Waals surface area contributed by atoms with Crippen LogP contribution in [0.4, 0.5) is 5.69 Å². The SMILES string of the molecule is C#C.C=C/C=C\C(C)=C(/C)NC(=C)Cc1cc(C(/C=C(\C=C)NC(=C)CC(C)(C)C)=C/C)ccc1N.CC. The summed E-state index contributed by atoms with van der Waals surface area (Å²) in [7, 11) is 0. The quantitative estimate of drug-likeness (QED) is 0.148. The number of terminal acetylenes is 1. The van der Waals surface area contributed by atoms with Gasteiger partial charge in [0.05, 0.1) is 0 Å². The molecule has 0 aliphatic carbocycles. The average Bonchev–Trinajstić information content (AvgIpc) is 2.87. The van der Waals surface area contributed by atoms with Crippen LogP contribution in [0.5, 0.6) is 0 Å². The van der Waals surface area contributed by atoms with Gasteiger partial charge in [0.25, 0.3) is 0 Å². The zero-order valence-corrected chi connectivity index (χ0v) is 25.2. The fourth-order valence-corrected chi connectivity index (χ4v) is 3.45. The van der Waals surface area contributed by atoms with Crippen molar-refractivity contribution in [2.24, 2.45) is 5.41 Å². The summed E-state index contributed by atoms with van der Waals surface area (Å²) in [5, 5.41) is 6.80. The summed E-state index contributed by atoms with van der Waals surface area (Å²) in [6.45, 7) is 32.8. The highest BCUT2D eigenvalue weighted by Gasteiger charge is 2.12. The van der Waals surface area contributed by atoms with E-state index in [4.69, 9.17) is 5.73 Å². The van der Waals surface area contributed by atoms with Gasteiger partial charge in [-0.2, -0.15) is 0 Å². The molecule has 1 aromatic rings. The summed E-state index contributed by atoms with van der Waals surface area (Å²) in [6, 6.07) is 6.12. The molecular formula is C35H51N3. The van der Waals surface area contributed by atoms with E-state index in [0.29, 0.717) is 6.42 Å². The maximum atomic E-state index is 6.31. The Bertz CT molecular complexity index is 1080. The third-order valence-corrected chi connectivity index (χ3v) is 5.22.